The van der Waals surface area contributed by atoms with Gasteiger partial charge in [0.2, 0.25) is 6.79 Å². The minimum absolute atomic E-state index is 0.246. The first kappa shape index (κ1) is 13.9. The van der Waals surface area contributed by atoms with Gasteiger partial charge < -0.3 is 30.2 Å². The highest BCUT2D eigenvalue weighted by atomic mass is 16.7. The molecule has 0 amide bonds. The molecule has 8 heteroatoms. The molecule has 3 N–H and O–H groups in total. The summed E-state index contributed by atoms with van der Waals surface area (Å²) in [5, 5.41) is 3.21. The predicted molar refractivity (Wildman–Crippen MR) is 85.3 cm³/mol. The van der Waals surface area contributed by atoms with Gasteiger partial charge in [0.25, 0.3) is 0 Å². The minimum Gasteiger partial charge on any atom is -0.454 e. The fraction of sp³-hybridized carbons (Fsp3) is 0.333. The number of ether oxygens (including phenoxy) is 3. The first-order valence-corrected chi connectivity index (χ1v) is 7.41. The number of hydrogen-bond donors (Lipinski definition) is 2. The molecule has 0 saturated carbocycles. The molecule has 0 unspecified atom stereocenters. The van der Waals surface area contributed by atoms with Crippen molar-refractivity contribution in [2.24, 2.45) is 0 Å². The van der Waals surface area contributed by atoms with Crippen molar-refractivity contribution in [2.45, 2.75) is 0 Å². The van der Waals surface area contributed by atoms with Gasteiger partial charge in [-0.3, -0.25) is 0 Å². The van der Waals surface area contributed by atoms with Crippen molar-refractivity contribution >= 4 is 23.0 Å². The highest BCUT2D eigenvalue weighted by Crippen LogP contribution is 2.36. The van der Waals surface area contributed by atoms with Crippen molar-refractivity contribution in [3.63, 3.8) is 0 Å². The molecule has 120 valence electrons. The summed E-state index contributed by atoms with van der Waals surface area (Å²) >= 11 is 0. The Balaban J connectivity index is 1.59. The maximum atomic E-state index is 6.25. The number of benzene rings is 1. The summed E-state index contributed by atoms with van der Waals surface area (Å²) in [4.78, 5) is 10.7. The summed E-state index contributed by atoms with van der Waals surface area (Å²) < 4.78 is 16.0. The zero-order valence-electron chi connectivity index (χ0n) is 12.5. The van der Waals surface area contributed by atoms with Gasteiger partial charge in [0.05, 0.1) is 13.2 Å². The normalized spacial score (nSPS) is 16.4. The van der Waals surface area contributed by atoms with E-state index >= 15 is 0 Å². The van der Waals surface area contributed by atoms with Crippen LogP contribution in [0.5, 0.6) is 11.5 Å². The monoisotopic (exact) mass is 315 g/mol. The first-order valence-electron chi connectivity index (χ1n) is 7.41. The topological polar surface area (TPSA) is 94.8 Å². The van der Waals surface area contributed by atoms with Crippen LogP contribution in [-0.4, -0.2) is 43.1 Å². The van der Waals surface area contributed by atoms with Gasteiger partial charge in [-0.2, -0.15) is 0 Å². The molecule has 23 heavy (non-hydrogen) atoms. The van der Waals surface area contributed by atoms with Gasteiger partial charge in [-0.25, -0.2) is 9.97 Å². The standard InChI is InChI=1S/C15H17N5O3/c16-13-14(17-8-18-15(13)20-3-5-21-6-4-20)19-10-1-2-11-12(7-10)23-9-22-11/h1-2,7-8H,3-6,9,16H2,(H,17,18,19). The Kier molecular flexibility index (Phi) is 3.51. The largest absolute Gasteiger partial charge is 0.454 e. The van der Waals surface area contributed by atoms with Gasteiger partial charge in [0.15, 0.2) is 23.1 Å². The summed E-state index contributed by atoms with van der Waals surface area (Å²) in [5.74, 6) is 2.74. The van der Waals surface area contributed by atoms with E-state index in [1.54, 1.807) is 0 Å². The number of nitrogens with zero attached hydrogens (tertiary/aromatic N) is 3. The lowest BCUT2D eigenvalue weighted by Gasteiger charge is -2.28. The van der Waals surface area contributed by atoms with Crippen molar-refractivity contribution in [3.05, 3.63) is 24.5 Å². The zero-order valence-corrected chi connectivity index (χ0v) is 12.5. The molecule has 0 spiro atoms. The molecule has 4 rings (SSSR count). The van der Waals surface area contributed by atoms with E-state index < -0.39 is 0 Å². The van der Waals surface area contributed by atoms with Gasteiger partial charge in [-0.05, 0) is 12.1 Å². The Morgan fingerprint density at radius 1 is 1.09 bits per heavy atom. The highest BCUT2D eigenvalue weighted by Gasteiger charge is 2.18. The fourth-order valence-electron chi connectivity index (χ4n) is 2.62. The number of anilines is 4. The van der Waals surface area contributed by atoms with E-state index in [0.717, 1.165) is 30.3 Å². The molecule has 0 radical (unpaired) electrons. The lowest BCUT2D eigenvalue weighted by Crippen LogP contribution is -2.37. The number of nitrogens with one attached hydrogen (secondary N) is 1. The third kappa shape index (κ3) is 2.68. The van der Waals surface area contributed by atoms with E-state index in [9.17, 15) is 0 Å². The molecular formula is C15H17N5O3. The maximum absolute atomic E-state index is 6.25. The zero-order chi connectivity index (χ0) is 15.6. The Hall–Kier alpha value is -2.74. The molecule has 0 atom stereocenters. The van der Waals surface area contributed by atoms with Gasteiger partial charge in [0, 0.05) is 24.8 Å². The Labute approximate surface area is 133 Å². The lowest BCUT2D eigenvalue weighted by molar-refractivity contribution is 0.122. The van der Waals surface area contributed by atoms with Crippen LogP contribution in [0.15, 0.2) is 24.5 Å². The lowest BCUT2D eigenvalue weighted by atomic mass is 10.2. The van der Waals surface area contributed by atoms with Crippen molar-refractivity contribution in [1.29, 1.82) is 0 Å². The van der Waals surface area contributed by atoms with Crippen molar-refractivity contribution < 1.29 is 14.2 Å². The van der Waals surface area contributed by atoms with E-state index in [2.05, 4.69) is 20.2 Å². The summed E-state index contributed by atoms with van der Waals surface area (Å²) in [6.45, 7) is 3.13. The summed E-state index contributed by atoms with van der Waals surface area (Å²) in [7, 11) is 0. The smallest absolute Gasteiger partial charge is 0.231 e. The van der Waals surface area contributed by atoms with Gasteiger partial charge in [-0.15, -0.1) is 0 Å². The number of fused-ring (bicyclic) bond motifs is 1. The van der Waals surface area contributed by atoms with Crippen LogP contribution in [0.4, 0.5) is 23.0 Å². The van der Waals surface area contributed by atoms with Crippen LogP contribution >= 0.6 is 0 Å². The minimum atomic E-state index is 0.246. The predicted octanol–water partition coefficient (Wildman–Crippen LogP) is 1.37. The van der Waals surface area contributed by atoms with Crippen molar-refractivity contribution in [3.8, 4) is 11.5 Å². The average Bonchev–Trinajstić information content (AvgIpc) is 3.05. The molecule has 1 aromatic carbocycles. The maximum Gasteiger partial charge on any atom is 0.231 e. The van der Waals surface area contributed by atoms with E-state index in [0.29, 0.717) is 30.5 Å². The van der Waals surface area contributed by atoms with E-state index in [-0.39, 0.29) is 6.79 Å². The van der Waals surface area contributed by atoms with Crippen LogP contribution in [0.3, 0.4) is 0 Å². The number of nitrogen functional groups attached to an aromatic ring is 1. The Morgan fingerprint density at radius 2 is 1.91 bits per heavy atom. The fourth-order valence-corrected chi connectivity index (χ4v) is 2.62. The molecule has 1 saturated heterocycles. The average molecular weight is 315 g/mol. The van der Waals surface area contributed by atoms with Gasteiger partial charge in [-0.1, -0.05) is 0 Å². The van der Waals surface area contributed by atoms with E-state index in [1.165, 1.54) is 6.33 Å². The molecule has 3 heterocycles. The van der Waals surface area contributed by atoms with Crippen LogP contribution < -0.4 is 25.4 Å². The van der Waals surface area contributed by atoms with Crippen molar-refractivity contribution in [2.75, 3.05) is 49.0 Å². The molecule has 2 aliphatic rings. The highest BCUT2D eigenvalue weighted by molar-refractivity contribution is 5.78. The Bertz CT molecular complexity index is 718. The molecule has 2 aliphatic heterocycles. The third-order valence-corrected chi connectivity index (χ3v) is 3.81. The van der Waals surface area contributed by atoms with E-state index in [4.69, 9.17) is 19.9 Å². The molecule has 0 aliphatic carbocycles. The molecule has 8 nitrogen and oxygen atoms in total. The van der Waals surface area contributed by atoms with Crippen LogP contribution in [0.2, 0.25) is 0 Å². The van der Waals surface area contributed by atoms with Crippen molar-refractivity contribution in [1.82, 2.24) is 9.97 Å². The van der Waals surface area contributed by atoms with Crippen LogP contribution in [-0.2, 0) is 4.74 Å². The number of nitrogens with two attached hydrogens (primary N) is 1. The molecular weight excluding hydrogens is 298 g/mol. The molecule has 1 fully saturated rings. The number of rotatable bonds is 3. The molecule has 2 aromatic rings. The van der Waals surface area contributed by atoms with E-state index in [1.807, 2.05) is 18.2 Å². The summed E-state index contributed by atoms with van der Waals surface area (Å²) in [6.07, 6.45) is 1.51. The Morgan fingerprint density at radius 3 is 2.78 bits per heavy atom. The number of aromatic nitrogens is 2. The summed E-state index contributed by atoms with van der Waals surface area (Å²) in [6, 6.07) is 5.60. The number of morpholine rings is 1. The van der Waals surface area contributed by atoms with Gasteiger partial charge >= 0.3 is 0 Å². The van der Waals surface area contributed by atoms with Crippen LogP contribution in [0, 0.1) is 0 Å². The first-order chi connectivity index (χ1) is 11.3. The SMILES string of the molecule is Nc1c(Nc2ccc3c(c2)OCO3)ncnc1N1CCOCC1. The summed E-state index contributed by atoms with van der Waals surface area (Å²) in [5.41, 5.74) is 7.60. The second kappa shape index (κ2) is 5.81. The second-order valence-corrected chi connectivity index (χ2v) is 5.25. The van der Waals surface area contributed by atoms with Crippen LogP contribution in [0.25, 0.3) is 0 Å². The third-order valence-electron chi connectivity index (χ3n) is 3.81. The van der Waals surface area contributed by atoms with Gasteiger partial charge in [0.1, 0.15) is 12.0 Å². The number of hydrogen-bond acceptors (Lipinski definition) is 8. The molecule has 1 aromatic heterocycles. The second-order valence-electron chi connectivity index (χ2n) is 5.25. The quantitative estimate of drug-likeness (QED) is 0.877. The van der Waals surface area contributed by atoms with Crippen LogP contribution in [0.1, 0.15) is 0 Å². The molecule has 0 bridgehead atoms.